The summed E-state index contributed by atoms with van der Waals surface area (Å²) in [7, 11) is 0. The molecule has 11 heteroatoms. The molecule has 3 aliphatic rings. The molecule has 1 aromatic carbocycles. The van der Waals surface area contributed by atoms with Gasteiger partial charge in [-0.2, -0.15) is 0 Å². The zero-order valence-electron chi connectivity index (χ0n) is 27.2. The van der Waals surface area contributed by atoms with E-state index in [-0.39, 0.29) is 24.0 Å². The molecule has 6 rings (SSSR count). The van der Waals surface area contributed by atoms with E-state index in [4.69, 9.17) is 32.9 Å². The molecule has 1 unspecified atom stereocenters. The number of piperazine rings is 1. The summed E-state index contributed by atoms with van der Waals surface area (Å²) in [5, 5.41) is 1.30. The number of aromatic nitrogens is 3. The van der Waals surface area contributed by atoms with Crippen LogP contribution in [0.2, 0.25) is 10.0 Å². The SMILES string of the molecule is Cc1cn(C[C@@H]2CCCN(C(=O)[C@H]3CN(C4c5ccc(Cl)cc5CCc5cc(Cl)cnc54)CCN3C(=O)OCC(C)(C)C)C2)cn1. The maximum atomic E-state index is 14.5. The Hall–Kier alpha value is -3.14. The van der Waals surface area contributed by atoms with Crippen LogP contribution in [0.15, 0.2) is 43.0 Å². The van der Waals surface area contributed by atoms with Crippen LogP contribution in [0.3, 0.4) is 0 Å². The summed E-state index contributed by atoms with van der Waals surface area (Å²) in [4.78, 5) is 43.3. The molecule has 46 heavy (non-hydrogen) atoms. The first kappa shape index (κ1) is 32.8. The molecule has 0 saturated carbocycles. The van der Waals surface area contributed by atoms with Gasteiger partial charge in [0.25, 0.3) is 0 Å². The third-order valence-electron chi connectivity index (χ3n) is 9.28. The number of rotatable bonds is 5. The molecule has 0 bridgehead atoms. The lowest BCUT2D eigenvalue weighted by molar-refractivity contribution is -0.141. The van der Waals surface area contributed by atoms with E-state index in [9.17, 15) is 9.59 Å². The van der Waals surface area contributed by atoms with E-state index in [0.29, 0.717) is 48.7 Å². The minimum atomic E-state index is -0.690. The average molecular weight is 668 g/mol. The highest BCUT2D eigenvalue weighted by atomic mass is 35.5. The predicted octanol–water partition coefficient (Wildman–Crippen LogP) is 6.19. The number of benzene rings is 1. The lowest BCUT2D eigenvalue weighted by Gasteiger charge is -2.45. The maximum absolute atomic E-state index is 14.5. The van der Waals surface area contributed by atoms with Crippen LogP contribution in [0.5, 0.6) is 0 Å². The molecular weight excluding hydrogens is 623 g/mol. The number of ether oxygens (including phenoxy) is 1. The van der Waals surface area contributed by atoms with Gasteiger partial charge in [0.05, 0.1) is 35.4 Å². The van der Waals surface area contributed by atoms with Crippen molar-refractivity contribution in [2.75, 3.05) is 39.3 Å². The van der Waals surface area contributed by atoms with Gasteiger partial charge in [0.1, 0.15) is 6.04 Å². The van der Waals surface area contributed by atoms with Crippen molar-refractivity contribution in [1.82, 2.24) is 29.2 Å². The van der Waals surface area contributed by atoms with Gasteiger partial charge in [-0.05, 0) is 78.8 Å². The number of imidazole rings is 1. The number of carbonyl (C=O) groups excluding carboxylic acids is 2. The number of amides is 2. The number of halogens is 2. The van der Waals surface area contributed by atoms with Crippen LogP contribution in [-0.2, 0) is 28.9 Å². The smallest absolute Gasteiger partial charge is 0.410 e. The second-order valence-corrected chi connectivity index (χ2v) is 15.1. The summed E-state index contributed by atoms with van der Waals surface area (Å²) in [6.45, 7) is 11.8. The van der Waals surface area contributed by atoms with Crippen molar-refractivity contribution in [2.45, 2.75) is 72.0 Å². The number of pyridine rings is 1. The number of aryl methyl sites for hydroxylation is 3. The Bertz CT molecular complexity index is 1530. The lowest BCUT2D eigenvalue weighted by atomic mass is 9.94. The summed E-state index contributed by atoms with van der Waals surface area (Å²) in [6.07, 6.45) is 8.74. The highest BCUT2D eigenvalue weighted by molar-refractivity contribution is 6.30. The lowest BCUT2D eigenvalue weighted by Crippen LogP contribution is -2.62. The number of nitrogens with zero attached hydrogens (tertiary/aromatic N) is 6. The van der Waals surface area contributed by atoms with Crippen LogP contribution >= 0.6 is 23.2 Å². The van der Waals surface area contributed by atoms with Gasteiger partial charge in [-0.25, -0.2) is 9.78 Å². The third kappa shape index (κ3) is 7.37. The first-order valence-corrected chi connectivity index (χ1v) is 17.1. The number of hydrogen-bond acceptors (Lipinski definition) is 6. The van der Waals surface area contributed by atoms with Crippen LogP contribution in [0.25, 0.3) is 0 Å². The van der Waals surface area contributed by atoms with Crippen molar-refractivity contribution in [2.24, 2.45) is 11.3 Å². The molecule has 2 saturated heterocycles. The van der Waals surface area contributed by atoms with Gasteiger partial charge in [0.2, 0.25) is 5.91 Å². The maximum Gasteiger partial charge on any atom is 0.410 e. The van der Waals surface area contributed by atoms with Crippen LogP contribution in [0.1, 0.15) is 67.7 Å². The average Bonchev–Trinajstić information content (AvgIpc) is 3.36. The fourth-order valence-corrected chi connectivity index (χ4v) is 7.48. The molecule has 9 nitrogen and oxygen atoms in total. The monoisotopic (exact) mass is 666 g/mol. The van der Waals surface area contributed by atoms with Crippen molar-refractivity contribution < 1.29 is 14.3 Å². The van der Waals surface area contributed by atoms with E-state index in [1.807, 2.05) is 63.3 Å². The van der Waals surface area contributed by atoms with Gasteiger partial charge in [-0.1, -0.05) is 50.0 Å². The molecule has 0 N–H and O–H groups in total. The predicted molar refractivity (Wildman–Crippen MR) is 179 cm³/mol. The standard InChI is InChI=1S/C35H44Cl2N6O3/c1-23-17-40(22-39-23)18-24-6-5-11-42(19-24)33(44)30-20-41(12-13-43(30)34(45)46-21-35(2,3)4)32-29-10-9-27(36)14-25(29)7-8-26-15-28(37)16-38-31(26)32/h9-10,14-17,22,24,30,32H,5-8,11-13,18-21H2,1-4H3/t24-,30+,32?/m0/s1. The largest absolute Gasteiger partial charge is 0.449 e. The van der Waals surface area contributed by atoms with Crippen LogP contribution in [-0.4, -0.2) is 86.6 Å². The molecule has 0 radical (unpaired) electrons. The summed E-state index contributed by atoms with van der Waals surface area (Å²) in [5.74, 6) is 0.282. The van der Waals surface area contributed by atoms with Crippen LogP contribution in [0, 0.1) is 18.3 Å². The van der Waals surface area contributed by atoms with Crippen molar-refractivity contribution in [3.05, 3.63) is 81.1 Å². The first-order valence-electron chi connectivity index (χ1n) is 16.3. The first-order chi connectivity index (χ1) is 21.9. The summed E-state index contributed by atoms with van der Waals surface area (Å²) >= 11 is 12.9. The van der Waals surface area contributed by atoms with Crippen molar-refractivity contribution in [3.8, 4) is 0 Å². The minimum absolute atomic E-state index is 0.0295. The molecule has 2 aliphatic heterocycles. The molecule has 0 spiro atoms. The number of hydrogen-bond donors (Lipinski definition) is 0. The highest BCUT2D eigenvalue weighted by Gasteiger charge is 2.43. The molecule has 246 valence electrons. The summed E-state index contributed by atoms with van der Waals surface area (Å²) in [5.41, 5.74) is 5.11. The number of fused-ring (bicyclic) bond motifs is 2. The van der Waals surface area contributed by atoms with E-state index in [2.05, 4.69) is 20.5 Å². The third-order valence-corrected chi connectivity index (χ3v) is 9.72. The Morgan fingerprint density at radius 2 is 1.78 bits per heavy atom. The molecule has 2 fully saturated rings. The van der Waals surface area contributed by atoms with E-state index in [1.165, 1.54) is 0 Å². The summed E-state index contributed by atoms with van der Waals surface area (Å²) < 4.78 is 7.91. The molecule has 2 aromatic heterocycles. The highest BCUT2D eigenvalue weighted by Crippen LogP contribution is 2.39. The van der Waals surface area contributed by atoms with Crippen molar-refractivity contribution in [3.63, 3.8) is 0 Å². The zero-order chi connectivity index (χ0) is 32.6. The Kier molecular flexibility index (Phi) is 9.65. The zero-order valence-corrected chi connectivity index (χ0v) is 28.7. The topological polar surface area (TPSA) is 83.8 Å². The van der Waals surface area contributed by atoms with Gasteiger partial charge in [-0.15, -0.1) is 0 Å². The van der Waals surface area contributed by atoms with E-state index >= 15 is 0 Å². The van der Waals surface area contributed by atoms with Gasteiger partial charge in [0, 0.05) is 56.7 Å². The number of piperidine rings is 1. The van der Waals surface area contributed by atoms with Crippen molar-refractivity contribution in [1.29, 1.82) is 0 Å². The van der Waals surface area contributed by atoms with E-state index in [0.717, 1.165) is 60.3 Å². The molecule has 3 aromatic rings. The fourth-order valence-electron chi connectivity index (χ4n) is 7.11. The molecular formula is C35H44Cl2N6O3. The van der Waals surface area contributed by atoms with E-state index < -0.39 is 12.1 Å². The fraction of sp³-hybridized carbons (Fsp3) is 0.543. The Morgan fingerprint density at radius 1 is 1.00 bits per heavy atom. The van der Waals surface area contributed by atoms with Gasteiger partial charge in [0.15, 0.2) is 0 Å². The van der Waals surface area contributed by atoms with Gasteiger partial charge in [-0.3, -0.25) is 19.6 Å². The Labute approximate surface area is 281 Å². The second-order valence-electron chi connectivity index (χ2n) is 14.3. The van der Waals surface area contributed by atoms with Crippen molar-refractivity contribution >= 4 is 35.2 Å². The van der Waals surface area contributed by atoms with Gasteiger partial charge >= 0.3 is 6.09 Å². The number of carbonyl (C=O) groups is 2. The normalized spacial score (nSPS) is 22.2. The molecule has 3 atom stereocenters. The molecule has 1 aliphatic carbocycles. The number of likely N-dealkylation sites (tertiary alicyclic amines) is 1. The summed E-state index contributed by atoms with van der Waals surface area (Å²) in [6, 6.07) is 7.15. The quantitative estimate of drug-likeness (QED) is 0.323. The Morgan fingerprint density at radius 3 is 2.54 bits per heavy atom. The minimum Gasteiger partial charge on any atom is -0.449 e. The Balaban J connectivity index is 1.30. The molecule has 4 heterocycles. The van der Waals surface area contributed by atoms with Crippen LogP contribution in [0.4, 0.5) is 4.79 Å². The van der Waals surface area contributed by atoms with Gasteiger partial charge < -0.3 is 14.2 Å². The second kappa shape index (κ2) is 13.5. The molecule has 2 amide bonds. The van der Waals surface area contributed by atoms with E-state index in [1.54, 1.807) is 11.1 Å². The van der Waals surface area contributed by atoms with Crippen LogP contribution < -0.4 is 0 Å².